The molecule has 28 heavy (non-hydrogen) atoms. The van der Waals surface area contributed by atoms with Gasteiger partial charge in [0.2, 0.25) is 0 Å². The van der Waals surface area contributed by atoms with Gasteiger partial charge in [-0.05, 0) is 48.9 Å². The molecule has 3 aliphatic carbocycles. The minimum atomic E-state index is -0.977. The lowest BCUT2D eigenvalue weighted by Crippen LogP contribution is -2.58. The lowest BCUT2D eigenvalue weighted by atomic mass is 9.50. The SMILES string of the molecule is CC(C)(C)C1C[C@H]2[C@@H]3CN(C(=O)O)C4=CC(=O)CC[C@]4(C)[C@H]3CC[C@]2(C)C1=O. The molecule has 0 aromatic rings. The fraction of sp³-hybridized carbons (Fsp3) is 0.783. The first-order chi connectivity index (χ1) is 12.9. The normalized spacial score (nSPS) is 43.2. The van der Waals surface area contributed by atoms with Gasteiger partial charge in [-0.1, -0.05) is 34.6 Å². The Hall–Kier alpha value is -1.65. The number of Topliss-reactive ketones (excluding diaryl/α,β-unsaturated/α-hetero) is 1. The molecule has 3 fully saturated rings. The van der Waals surface area contributed by atoms with Gasteiger partial charge in [-0.3, -0.25) is 14.5 Å². The van der Waals surface area contributed by atoms with E-state index < -0.39 is 6.09 Å². The number of allylic oxidation sites excluding steroid dienone is 2. The van der Waals surface area contributed by atoms with E-state index in [1.54, 1.807) is 6.08 Å². The highest BCUT2D eigenvalue weighted by atomic mass is 16.4. The lowest BCUT2D eigenvalue weighted by Gasteiger charge is -2.58. The van der Waals surface area contributed by atoms with Crippen LogP contribution in [0, 0.1) is 39.9 Å². The van der Waals surface area contributed by atoms with Crippen molar-refractivity contribution in [2.45, 2.75) is 66.7 Å². The Bertz CT molecular complexity index is 778. The number of piperidine rings is 1. The molecular formula is C23H33NO4. The number of hydrogen-bond donors (Lipinski definition) is 1. The van der Waals surface area contributed by atoms with Gasteiger partial charge in [-0.15, -0.1) is 0 Å². The fourth-order valence-corrected chi connectivity index (χ4v) is 7.05. The molecule has 1 amide bonds. The van der Waals surface area contributed by atoms with Gasteiger partial charge in [-0.25, -0.2) is 4.79 Å². The molecular weight excluding hydrogens is 354 g/mol. The van der Waals surface area contributed by atoms with E-state index in [1.807, 2.05) is 0 Å². The number of ketones is 2. The molecule has 1 unspecified atom stereocenters. The summed E-state index contributed by atoms with van der Waals surface area (Å²) in [7, 11) is 0. The first-order valence-corrected chi connectivity index (χ1v) is 10.7. The maximum Gasteiger partial charge on any atom is 0.411 e. The molecule has 154 valence electrons. The van der Waals surface area contributed by atoms with Crippen LogP contribution in [0.2, 0.25) is 0 Å². The van der Waals surface area contributed by atoms with Crippen LogP contribution in [0.15, 0.2) is 11.8 Å². The number of amides is 1. The van der Waals surface area contributed by atoms with Gasteiger partial charge in [0.25, 0.3) is 0 Å². The monoisotopic (exact) mass is 387 g/mol. The predicted molar refractivity (Wildman–Crippen MR) is 106 cm³/mol. The van der Waals surface area contributed by atoms with Crippen molar-refractivity contribution in [1.82, 2.24) is 4.90 Å². The molecule has 0 spiro atoms. The molecule has 5 heteroatoms. The summed E-state index contributed by atoms with van der Waals surface area (Å²) in [5.41, 5.74) is -0.0109. The number of hydrogen-bond acceptors (Lipinski definition) is 3. The summed E-state index contributed by atoms with van der Waals surface area (Å²) < 4.78 is 0. The Morgan fingerprint density at radius 1 is 1.14 bits per heavy atom. The van der Waals surface area contributed by atoms with Crippen molar-refractivity contribution in [2.24, 2.45) is 39.9 Å². The van der Waals surface area contributed by atoms with Crippen molar-refractivity contribution in [2.75, 3.05) is 6.54 Å². The topological polar surface area (TPSA) is 74.7 Å². The molecule has 4 aliphatic rings. The van der Waals surface area contributed by atoms with E-state index in [0.717, 1.165) is 19.3 Å². The molecule has 0 aromatic heterocycles. The van der Waals surface area contributed by atoms with Crippen molar-refractivity contribution < 1.29 is 19.5 Å². The smallest absolute Gasteiger partial charge is 0.411 e. The highest BCUT2D eigenvalue weighted by Gasteiger charge is 2.64. The van der Waals surface area contributed by atoms with Gasteiger partial charge in [0.1, 0.15) is 5.78 Å². The Morgan fingerprint density at radius 2 is 1.82 bits per heavy atom. The third-order valence-electron chi connectivity index (χ3n) is 8.75. The van der Waals surface area contributed by atoms with E-state index in [9.17, 15) is 19.5 Å². The maximum absolute atomic E-state index is 13.4. The highest BCUT2D eigenvalue weighted by Crippen LogP contribution is 2.65. The Balaban J connectivity index is 1.77. The van der Waals surface area contributed by atoms with Crippen molar-refractivity contribution in [3.8, 4) is 0 Å². The van der Waals surface area contributed by atoms with E-state index in [2.05, 4.69) is 34.6 Å². The van der Waals surface area contributed by atoms with Gasteiger partial charge < -0.3 is 5.11 Å². The lowest BCUT2D eigenvalue weighted by molar-refractivity contribution is -0.137. The molecule has 6 atom stereocenters. The second-order valence-electron chi connectivity index (χ2n) is 11.2. The van der Waals surface area contributed by atoms with Gasteiger partial charge >= 0.3 is 6.09 Å². The third kappa shape index (κ3) is 2.54. The molecule has 0 bridgehead atoms. The van der Waals surface area contributed by atoms with Gasteiger partial charge in [0, 0.05) is 41.5 Å². The average Bonchev–Trinajstić information content (AvgIpc) is 2.87. The summed E-state index contributed by atoms with van der Waals surface area (Å²) in [6, 6.07) is 0. The summed E-state index contributed by atoms with van der Waals surface area (Å²) in [5, 5.41) is 9.91. The van der Waals surface area contributed by atoms with Crippen LogP contribution in [-0.4, -0.2) is 34.2 Å². The summed E-state index contributed by atoms with van der Waals surface area (Å²) in [6.45, 7) is 11.1. The fourth-order valence-electron chi connectivity index (χ4n) is 7.05. The maximum atomic E-state index is 13.4. The predicted octanol–water partition coefficient (Wildman–Crippen LogP) is 4.52. The molecule has 1 heterocycles. The summed E-state index contributed by atoms with van der Waals surface area (Å²) in [4.78, 5) is 39.0. The molecule has 5 nitrogen and oxygen atoms in total. The first kappa shape index (κ1) is 19.7. The molecule has 0 aromatic carbocycles. The van der Waals surface area contributed by atoms with Crippen LogP contribution in [0.1, 0.15) is 66.7 Å². The van der Waals surface area contributed by atoms with E-state index in [0.29, 0.717) is 36.8 Å². The minimum Gasteiger partial charge on any atom is -0.465 e. The average molecular weight is 388 g/mol. The van der Waals surface area contributed by atoms with Crippen LogP contribution >= 0.6 is 0 Å². The van der Waals surface area contributed by atoms with E-state index >= 15 is 0 Å². The Morgan fingerprint density at radius 3 is 2.43 bits per heavy atom. The zero-order valence-electron chi connectivity index (χ0n) is 17.7. The van der Waals surface area contributed by atoms with Gasteiger partial charge in [-0.2, -0.15) is 0 Å². The van der Waals surface area contributed by atoms with Crippen molar-refractivity contribution in [1.29, 1.82) is 0 Å². The zero-order valence-corrected chi connectivity index (χ0v) is 17.7. The van der Waals surface area contributed by atoms with Crippen molar-refractivity contribution >= 4 is 17.7 Å². The van der Waals surface area contributed by atoms with Crippen LogP contribution in [0.5, 0.6) is 0 Å². The van der Waals surface area contributed by atoms with Crippen molar-refractivity contribution in [3.05, 3.63) is 11.8 Å². The van der Waals surface area contributed by atoms with E-state index in [4.69, 9.17) is 0 Å². The first-order valence-electron chi connectivity index (χ1n) is 10.7. The van der Waals surface area contributed by atoms with Gasteiger partial charge in [0.05, 0.1) is 0 Å². The number of carbonyl (C=O) groups is 3. The second-order valence-corrected chi connectivity index (χ2v) is 11.2. The quantitative estimate of drug-likeness (QED) is 0.663. The van der Waals surface area contributed by atoms with E-state index in [-0.39, 0.29) is 39.8 Å². The summed E-state index contributed by atoms with van der Waals surface area (Å²) in [5.74, 6) is 1.20. The van der Waals surface area contributed by atoms with Crippen LogP contribution in [0.25, 0.3) is 0 Å². The number of likely N-dealkylation sites (tertiary alicyclic amines) is 1. The minimum absolute atomic E-state index is 0.0293. The molecule has 1 N–H and O–H groups in total. The Labute approximate surface area is 167 Å². The van der Waals surface area contributed by atoms with Crippen LogP contribution in [0.4, 0.5) is 4.79 Å². The Kier molecular flexibility index (Phi) is 4.16. The van der Waals surface area contributed by atoms with Crippen LogP contribution < -0.4 is 0 Å². The number of fused-ring (bicyclic) bond motifs is 5. The molecule has 1 aliphatic heterocycles. The van der Waals surface area contributed by atoms with Gasteiger partial charge in [0.15, 0.2) is 5.78 Å². The second kappa shape index (κ2) is 5.93. The highest BCUT2D eigenvalue weighted by molar-refractivity contribution is 5.92. The molecule has 4 rings (SSSR count). The standard InChI is InChI=1S/C23H33NO4/c1-21(2,3)17-11-16-14-12-24(20(27)28)18-10-13(25)6-8-22(18,4)15(14)7-9-23(16,5)19(17)26/h10,14-17H,6-9,11-12H2,1-5H3,(H,27,28)/t14-,15+,16+,17?,22-,23+/m1/s1. The van der Waals surface area contributed by atoms with Crippen LogP contribution in [-0.2, 0) is 9.59 Å². The number of carbonyl (C=O) groups excluding carboxylic acids is 2. The zero-order chi connectivity index (χ0) is 20.6. The summed E-state index contributed by atoms with van der Waals surface area (Å²) >= 11 is 0. The molecule has 2 saturated carbocycles. The third-order valence-corrected chi connectivity index (χ3v) is 8.75. The number of rotatable bonds is 0. The van der Waals surface area contributed by atoms with Crippen molar-refractivity contribution in [3.63, 3.8) is 0 Å². The largest absolute Gasteiger partial charge is 0.465 e. The van der Waals surface area contributed by atoms with E-state index in [1.165, 1.54) is 4.90 Å². The number of nitrogens with zero attached hydrogens (tertiary/aromatic N) is 1. The molecule has 0 radical (unpaired) electrons. The number of carboxylic acid groups (broad SMARTS) is 1. The van der Waals surface area contributed by atoms with Crippen LogP contribution in [0.3, 0.4) is 0 Å². The molecule has 1 saturated heterocycles. The summed E-state index contributed by atoms with van der Waals surface area (Å²) in [6.07, 6.45) is 4.49.